The maximum Gasteiger partial charge on any atom is 0.321 e. The molecule has 0 aliphatic rings. The predicted molar refractivity (Wildman–Crippen MR) is 98.8 cm³/mol. The van der Waals surface area contributed by atoms with Gasteiger partial charge in [-0.05, 0) is 43.2 Å². The molecule has 0 spiro atoms. The summed E-state index contributed by atoms with van der Waals surface area (Å²) in [5.41, 5.74) is 2.85. The first kappa shape index (κ1) is 18.0. The molecular weight excluding hydrogens is 370 g/mol. The molecule has 0 saturated carbocycles. The summed E-state index contributed by atoms with van der Waals surface area (Å²) in [7, 11) is 0. The standard InChI is InChI=1S/C18H20BrN3O2/c1-12-10-15(8-9-16(12)19)21-13(2)17(23)22-18(24)20-11-14-6-4-3-5-7-14/h3-10,13,21H,11H2,1-2H3,(H2,20,22,23,24). The SMILES string of the molecule is Cc1cc(NC(C)C(=O)NC(=O)NCc2ccccc2)ccc1Br. The molecule has 24 heavy (non-hydrogen) atoms. The van der Waals surface area contributed by atoms with Crippen LogP contribution in [0.3, 0.4) is 0 Å². The molecule has 1 unspecified atom stereocenters. The molecular formula is C18H20BrN3O2. The highest BCUT2D eigenvalue weighted by molar-refractivity contribution is 9.10. The largest absolute Gasteiger partial charge is 0.374 e. The van der Waals surface area contributed by atoms with Crippen LogP contribution in [0.25, 0.3) is 0 Å². The van der Waals surface area contributed by atoms with E-state index >= 15 is 0 Å². The fraction of sp³-hybridized carbons (Fsp3) is 0.222. The van der Waals surface area contributed by atoms with Crippen molar-refractivity contribution in [2.45, 2.75) is 26.4 Å². The van der Waals surface area contributed by atoms with Gasteiger partial charge in [0.25, 0.3) is 0 Å². The third-order valence-electron chi connectivity index (χ3n) is 3.47. The van der Waals surface area contributed by atoms with Crippen molar-refractivity contribution in [1.82, 2.24) is 10.6 Å². The van der Waals surface area contributed by atoms with Crippen molar-refractivity contribution in [3.05, 3.63) is 64.1 Å². The summed E-state index contributed by atoms with van der Waals surface area (Å²) in [5, 5.41) is 8.07. The van der Waals surface area contributed by atoms with Crippen LogP contribution in [0.1, 0.15) is 18.1 Å². The number of hydrogen-bond donors (Lipinski definition) is 3. The van der Waals surface area contributed by atoms with Crippen LogP contribution in [0.15, 0.2) is 53.0 Å². The highest BCUT2D eigenvalue weighted by Crippen LogP contribution is 2.20. The molecule has 2 rings (SSSR count). The lowest BCUT2D eigenvalue weighted by molar-refractivity contribution is -0.120. The van der Waals surface area contributed by atoms with E-state index in [1.54, 1.807) is 6.92 Å². The van der Waals surface area contributed by atoms with Crippen molar-refractivity contribution in [1.29, 1.82) is 0 Å². The fourth-order valence-corrected chi connectivity index (χ4v) is 2.34. The third-order valence-corrected chi connectivity index (χ3v) is 4.36. The van der Waals surface area contributed by atoms with Crippen LogP contribution in [0.4, 0.5) is 10.5 Å². The van der Waals surface area contributed by atoms with Gasteiger partial charge in [-0.15, -0.1) is 0 Å². The maximum atomic E-state index is 12.1. The van der Waals surface area contributed by atoms with E-state index < -0.39 is 12.1 Å². The Morgan fingerprint density at radius 2 is 1.83 bits per heavy atom. The van der Waals surface area contributed by atoms with Crippen LogP contribution in [0.5, 0.6) is 0 Å². The molecule has 0 radical (unpaired) electrons. The molecule has 3 amide bonds. The second-order valence-electron chi connectivity index (χ2n) is 5.49. The predicted octanol–water partition coefficient (Wildman–Crippen LogP) is 3.58. The summed E-state index contributed by atoms with van der Waals surface area (Å²) in [5.74, 6) is -0.388. The summed E-state index contributed by atoms with van der Waals surface area (Å²) in [4.78, 5) is 23.9. The van der Waals surface area contributed by atoms with E-state index in [-0.39, 0.29) is 5.91 Å². The number of carbonyl (C=O) groups excluding carboxylic acids is 2. The smallest absolute Gasteiger partial charge is 0.321 e. The summed E-state index contributed by atoms with van der Waals surface area (Å²) in [6.45, 7) is 4.04. The van der Waals surface area contributed by atoms with Crippen molar-refractivity contribution in [3.8, 4) is 0 Å². The number of imide groups is 1. The summed E-state index contributed by atoms with van der Waals surface area (Å²) >= 11 is 3.43. The van der Waals surface area contributed by atoms with Gasteiger partial charge in [0.2, 0.25) is 5.91 Å². The van der Waals surface area contributed by atoms with Crippen LogP contribution in [0, 0.1) is 6.92 Å². The average molecular weight is 390 g/mol. The number of rotatable bonds is 5. The van der Waals surface area contributed by atoms with E-state index in [1.807, 2.05) is 55.5 Å². The minimum Gasteiger partial charge on any atom is -0.374 e. The van der Waals surface area contributed by atoms with Crippen LogP contribution in [0.2, 0.25) is 0 Å². The lowest BCUT2D eigenvalue weighted by Gasteiger charge is -2.15. The van der Waals surface area contributed by atoms with Gasteiger partial charge in [-0.25, -0.2) is 4.79 Å². The number of carbonyl (C=O) groups is 2. The summed E-state index contributed by atoms with van der Waals surface area (Å²) in [6, 6.07) is 14.2. The van der Waals surface area contributed by atoms with E-state index in [2.05, 4.69) is 31.9 Å². The quantitative estimate of drug-likeness (QED) is 0.731. The minimum atomic E-state index is -0.534. The fourth-order valence-electron chi connectivity index (χ4n) is 2.09. The number of aryl methyl sites for hydroxylation is 1. The van der Waals surface area contributed by atoms with Crippen LogP contribution in [-0.4, -0.2) is 18.0 Å². The Kier molecular flexibility index (Phi) is 6.37. The maximum absolute atomic E-state index is 12.1. The molecule has 2 aromatic rings. The second kappa shape index (κ2) is 8.49. The molecule has 0 heterocycles. The molecule has 0 saturated heterocycles. The van der Waals surface area contributed by atoms with Crippen LogP contribution < -0.4 is 16.0 Å². The number of benzene rings is 2. The molecule has 0 bridgehead atoms. The number of halogens is 1. The van der Waals surface area contributed by atoms with Gasteiger partial charge < -0.3 is 10.6 Å². The van der Waals surface area contributed by atoms with Gasteiger partial charge in [-0.2, -0.15) is 0 Å². The number of nitrogens with one attached hydrogen (secondary N) is 3. The van der Waals surface area contributed by atoms with Crippen molar-refractivity contribution in [2.75, 3.05) is 5.32 Å². The molecule has 3 N–H and O–H groups in total. The van der Waals surface area contributed by atoms with Gasteiger partial charge in [-0.1, -0.05) is 46.3 Å². The number of hydrogen-bond acceptors (Lipinski definition) is 3. The Morgan fingerprint density at radius 3 is 2.50 bits per heavy atom. The molecule has 0 aromatic heterocycles. The monoisotopic (exact) mass is 389 g/mol. The zero-order chi connectivity index (χ0) is 17.5. The Labute approximate surface area is 150 Å². The first-order chi connectivity index (χ1) is 11.5. The molecule has 5 nitrogen and oxygen atoms in total. The van der Waals surface area contributed by atoms with Crippen molar-refractivity contribution >= 4 is 33.6 Å². The number of amides is 3. The second-order valence-corrected chi connectivity index (χ2v) is 6.34. The minimum absolute atomic E-state index is 0.369. The van der Waals surface area contributed by atoms with E-state index in [0.29, 0.717) is 6.54 Å². The van der Waals surface area contributed by atoms with E-state index in [4.69, 9.17) is 0 Å². The lowest BCUT2D eigenvalue weighted by Crippen LogP contribution is -2.45. The summed E-state index contributed by atoms with van der Waals surface area (Å²) in [6.07, 6.45) is 0. The topological polar surface area (TPSA) is 70.2 Å². The molecule has 6 heteroatoms. The van der Waals surface area contributed by atoms with Crippen LogP contribution in [-0.2, 0) is 11.3 Å². The van der Waals surface area contributed by atoms with Crippen molar-refractivity contribution in [3.63, 3.8) is 0 Å². The third kappa shape index (κ3) is 5.38. The van der Waals surface area contributed by atoms with E-state index in [0.717, 1.165) is 21.3 Å². The van der Waals surface area contributed by atoms with Gasteiger partial charge in [0, 0.05) is 16.7 Å². The zero-order valence-electron chi connectivity index (χ0n) is 13.6. The first-order valence-electron chi connectivity index (χ1n) is 7.61. The molecule has 0 aliphatic heterocycles. The molecule has 0 fully saturated rings. The zero-order valence-corrected chi connectivity index (χ0v) is 15.2. The Balaban J connectivity index is 1.82. The van der Waals surface area contributed by atoms with E-state index in [9.17, 15) is 9.59 Å². The van der Waals surface area contributed by atoms with Gasteiger partial charge in [0.15, 0.2) is 0 Å². The average Bonchev–Trinajstić information content (AvgIpc) is 2.57. The van der Waals surface area contributed by atoms with Crippen molar-refractivity contribution < 1.29 is 9.59 Å². The number of urea groups is 1. The van der Waals surface area contributed by atoms with Gasteiger partial charge in [-0.3, -0.25) is 10.1 Å². The molecule has 2 aromatic carbocycles. The highest BCUT2D eigenvalue weighted by Gasteiger charge is 2.15. The highest BCUT2D eigenvalue weighted by atomic mass is 79.9. The molecule has 0 aliphatic carbocycles. The van der Waals surface area contributed by atoms with Gasteiger partial charge in [0.05, 0.1) is 0 Å². The van der Waals surface area contributed by atoms with Crippen molar-refractivity contribution in [2.24, 2.45) is 0 Å². The van der Waals surface area contributed by atoms with E-state index in [1.165, 1.54) is 0 Å². The number of anilines is 1. The Hall–Kier alpha value is -2.34. The molecule has 1 atom stereocenters. The molecule has 126 valence electrons. The summed E-state index contributed by atoms with van der Waals surface area (Å²) < 4.78 is 1.01. The van der Waals surface area contributed by atoms with Gasteiger partial charge >= 0.3 is 6.03 Å². The Morgan fingerprint density at radius 1 is 1.12 bits per heavy atom. The van der Waals surface area contributed by atoms with Crippen LogP contribution >= 0.6 is 15.9 Å². The van der Waals surface area contributed by atoms with Gasteiger partial charge in [0.1, 0.15) is 6.04 Å². The Bertz CT molecular complexity index is 719. The normalized spacial score (nSPS) is 11.5. The lowest BCUT2D eigenvalue weighted by atomic mass is 10.2. The first-order valence-corrected chi connectivity index (χ1v) is 8.40.